The predicted molar refractivity (Wildman–Crippen MR) is 79.0 cm³/mol. The van der Waals surface area contributed by atoms with Crippen LogP contribution < -0.4 is 5.32 Å². The van der Waals surface area contributed by atoms with Gasteiger partial charge in [-0.1, -0.05) is 44.0 Å². The van der Waals surface area contributed by atoms with Gasteiger partial charge in [0.05, 0.1) is 0 Å². The van der Waals surface area contributed by atoms with Crippen molar-refractivity contribution >= 4 is 11.6 Å². The third-order valence-corrected chi connectivity index (χ3v) is 4.51. The van der Waals surface area contributed by atoms with E-state index in [9.17, 15) is 0 Å². The normalized spacial score (nSPS) is 30.1. The molecule has 0 spiro atoms. The van der Waals surface area contributed by atoms with Crippen molar-refractivity contribution in [3.05, 3.63) is 34.9 Å². The maximum Gasteiger partial charge on any atom is 0.0409 e. The molecule has 1 N–H and O–H groups in total. The molecule has 0 bridgehead atoms. The summed E-state index contributed by atoms with van der Waals surface area (Å²) in [7, 11) is 0. The van der Waals surface area contributed by atoms with Crippen molar-refractivity contribution in [2.75, 3.05) is 0 Å². The lowest BCUT2D eigenvalue weighted by Crippen LogP contribution is -2.40. The average Bonchev–Trinajstić information content (AvgIpc) is 2.34. The highest BCUT2D eigenvalue weighted by Gasteiger charge is 2.26. The van der Waals surface area contributed by atoms with E-state index in [1.54, 1.807) is 0 Å². The molecule has 18 heavy (non-hydrogen) atoms. The molecule has 0 saturated heterocycles. The van der Waals surface area contributed by atoms with Crippen LogP contribution in [-0.2, 0) is 0 Å². The standard InChI is InChI=1S/C16H24ClN/c1-11-7-8-12(2)16(9-11)18-13(3)14-5-4-6-15(17)10-14/h4-6,10-13,16,18H,7-9H2,1-3H3/t11?,12?,13-,16?/m0/s1. The highest BCUT2D eigenvalue weighted by Crippen LogP contribution is 2.30. The van der Waals surface area contributed by atoms with Crippen LogP contribution in [0.4, 0.5) is 0 Å². The Labute approximate surface area is 116 Å². The second-order valence-electron chi connectivity index (χ2n) is 5.95. The Hall–Kier alpha value is -0.530. The first-order chi connectivity index (χ1) is 8.56. The second kappa shape index (κ2) is 6.08. The fraction of sp³-hybridized carbons (Fsp3) is 0.625. The molecule has 100 valence electrons. The second-order valence-corrected chi connectivity index (χ2v) is 6.38. The number of hydrogen-bond acceptors (Lipinski definition) is 1. The monoisotopic (exact) mass is 265 g/mol. The van der Waals surface area contributed by atoms with Crippen molar-refractivity contribution in [3.63, 3.8) is 0 Å². The van der Waals surface area contributed by atoms with E-state index in [-0.39, 0.29) is 0 Å². The Morgan fingerprint density at radius 3 is 2.78 bits per heavy atom. The van der Waals surface area contributed by atoms with Crippen molar-refractivity contribution in [1.29, 1.82) is 0 Å². The summed E-state index contributed by atoms with van der Waals surface area (Å²) >= 11 is 6.06. The molecule has 0 radical (unpaired) electrons. The number of benzene rings is 1. The molecule has 1 aliphatic rings. The average molecular weight is 266 g/mol. The number of halogens is 1. The minimum absolute atomic E-state index is 0.376. The molecule has 2 rings (SSSR count). The van der Waals surface area contributed by atoms with Crippen LogP contribution in [0.3, 0.4) is 0 Å². The summed E-state index contributed by atoms with van der Waals surface area (Å²) in [6, 6.07) is 9.20. The Morgan fingerprint density at radius 1 is 1.28 bits per heavy atom. The molecular weight excluding hydrogens is 242 g/mol. The van der Waals surface area contributed by atoms with Gasteiger partial charge in [0.25, 0.3) is 0 Å². The zero-order valence-electron chi connectivity index (χ0n) is 11.6. The van der Waals surface area contributed by atoms with E-state index in [1.165, 1.54) is 24.8 Å². The van der Waals surface area contributed by atoms with Crippen molar-refractivity contribution in [2.24, 2.45) is 11.8 Å². The Bertz CT molecular complexity index is 390. The fourth-order valence-electron chi connectivity index (χ4n) is 2.96. The van der Waals surface area contributed by atoms with Crippen LogP contribution in [0.2, 0.25) is 5.02 Å². The van der Waals surface area contributed by atoms with Crippen molar-refractivity contribution in [1.82, 2.24) is 5.32 Å². The van der Waals surface area contributed by atoms with Gasteiger partial charge in [-0.3, -0.25) is 0 Å². The van der Waals surface area contributed by atoms with Crippen molar-refractivity contribution < 1.29 is 0 Å². The van der Waals surface area contributed by atoms with Gasteiger partial charge in [0.1, 0.15) is 0 Å². The summed E-state index contributed by atoms with van der Waals surface area (Å²) in [5.74, 6) is 1.63. The zero-order valence-corrected chi connectivity index (χ0v) is 12.4. The van der Waals surface area contributed by atoms with Crippen LogP contribution in [0.25, 0.3) is 0 Å². The molecule has 2 heteroatoms. The first-order valence-electron chi connectivity index (χ1n) is 7.07. The summed E-state index contributed by atoms with van der Waals surface area (Å²) in [4.78, 5) is 0. The van der Waals surface area contributed by atoms with Gasteiger partial charge in [-0.25, -0.2) is 0 Å². The molecule has 1 aromatic rings. The molecule has 1 saturated carbocycles. The zero-order chi connectivity index (χ0) is 13.1. The third kappa shape index (κ3) is 3.49. The van der Waals surface area contributed by atoms with Crippen LogP contribution in [0.15, 0.2) is 24.3 Å². The molecular formula is C16H24ClN. The van der Waals surface area contributed by atoms with Gasteiger partial charge in [-0.05, 0) is 49.3 Å². The molecule has 1 aliphatic carbocycles. The Balaban J connectivity index is 2.00. The summed E-state index contributed by atoms with van der Waals surface area (Å²) in [5, 5.41) is 4.61. The van der Waals surface area contributed by atoms with Crippen LogP contribution in [0.5, 0.6) is 0 Å². The maximum atomic E-state index is 6.06. The molecule has 3 unspecified atom stereocenters. The molecule has 1 fully saturated rings. The molecule has 1 aromatic carbocycles. The van der Waals surface area contributed by atoms with E-state index in [0.717, 1.165) is 16.9 Å². The highest BCUT2D eigenvalue weighted by molar-refractivity contribution is 6.30. The predicted octanol–water partition coefficient (Wildman–Crippen LogP) is 4.82. The van der Waals surface area contributed by atoms with E-state index >= 15 is 0 Å². The Morgan fingerprint density at radius 2 is 2.06 bits per heavy atom. The topological polar surface area (TPSA) is 12.0 Å². The minimum atomic E-state index is 0.376. The summed E-state index contributed by atoms with van der Waals surface area (Å²) in [6.45, 7) is 6.97. The van der Waals surface area contributed by atoms with Gasteiger partial charge in [0.15, 0.2) is 0 Å². The molecule has 0 amide bonds. The number of nitrogens with one attached hydrogen (secondary N) is 1. The lowest BCUT2D eigenvalue weighted by molar-refractivity contribution is 0.216. The smallest absolute Gasteiger partial charge is 0.0409 e. The minimum Gasteiger partial charge on any atom is -0.307 e. The van der Waals surface area contributed by atoms with Gasteiger partial charge >= 0.3 is 0 Å². The summed E-state index contributed by atoms with van der Waals surface area (Å²) in [5.41, 5.74) is 1.29. The van der Waals surface area contributed by atoms with Crippen LogP contribution in [0.1, 0.15) is 51.6 Å². The molecule has 0 aromatic heterocycles. The van der Waals surface area contributed by atoms with Crippen LogP contribution in [0, 0.1) is 11.8 Å². The van der Waals surface area contributed by atoms with E-state index in [2.05, 4.69) is 38.2 Å². The van der Waals surface area contributed by atoms with Crippen molar-refractivity contribution in [3.8, 4) is 0 Å². The van der Waals surface area contributed by atoms with E-state index < -0.39 is 0 Å². The summed E-state index contributed by atoms with van der Waals surface area (Å²) in [6.07, 6.45) is 4.03. The first-order valence-corrected chi connectivity index (χ1v) is 7.45. The van der Waals surface area contributed by atoms with E-state index in [1.807, 2.05) is 12.1 Å². The lowest BCUT2D eigenvalue weighted by Gasteiger charge is -2.35. The molecule has 4 atom stereocenters. The molecule has 0 aliphatic heterocycles. The summed E-state index contributed by atoms with van der Waals surface area (Å²) < 4.78 is 0. The maximum absolute atomic E-state index is 6.06. The largest absolute Gasteiger partial charge is 0.307 e. The highest BCUT2D eigenvalue weighted by atomic mass is 35.5. The van der Waals surface area contributed by atoms with E-state index in [4.69, 9.17) is 11.6 Å². The van der Waals surface area contributed by atoms with Gasteiger partial charge in [-0.15, -0.1) is 0 Å². The van der Waals surface area contributed by atoms with Gasteiger partial charge in [0, 0.05) is 17.1 Å². The quantitative estimate of drug-likeness (QED) is 0.827. The van der Waals surface area contributed by atoms with Crippen LogP contribution >= 0.6 is 11.6 Å². The van der Waals surface area contributed by atoms with Gasteiger partial charge in [-0.2, -0.15) is 0 Å². The van der Waals surface area contributed by atoms with E-state index in [0.29, 0.717) is 12.1 Å². The lowest BCUT2D eigenvalue weighted by atomic mass is 9.79. The number of hydrogen-bond donors (Lipinski definition) is 1. The fourth-order valence-corrected chi connectivity index (χ4v) is 3.16. The Kier molecular flexibility index (Phi) is 4.69. The molecule has 0 heterocycles. The third-order valence-electron chi connectivity index (χ3n) is 4.27. The SMILES string of the molecule is CC1CCC(C)C(N[C@@H](C)c2cccc(Cl)c2)C1. The van der Waals surface area contributed by atoms with Crippen LogP contribution in [-0.4, -0.2) is 6.04 Å². The molecule has 1 nitrogen and oxygen atoms in total. The first kappa shape index (κ1) is 13.9. The van der Waals surface area contributed by atoms with Gasteiger partial charge < -0.3 is 5.32 Å². The van der Waals surface area contributed by atoms with Crippen molar-refractivity contribution in [2.45, 2.75) is 52.1 Å². The number of rotatable bonds is 3. The van der Waals surface area contributed by atoms with Gasteiger partial charge in [0.2, 0.25) is 0 Å².